The summed E-state index contributed by atoms with van der Waals surface area (Å²) in [5.74, 6) is 0.152. The molecule has 0 bridgehead atoms. The van der Waals surface area contributed by atoms with Crippen molar-refractivity contribution < 1.29 is 14.3 Å². The van der Waals surface area contributed by atoms with Crippen LogP contribution < -0.4 is 21.3 Å². The summed E-state index contributed by atoms with van der Waals surface area (Å²) in [5, 5.41) is 3.48. The summed E-state index contributed by atoms with van der Waals surface area (Å²) < 4.78 is 12.8. The second-order valence-electron chi connectivity index (χ2n) is 6.63. The second kappa shape index (κ2) is 9.54. The van der Waals surface area contributed by atoms with E-state index in [0.717, 1.165) is 16.3 Å². The Morgan fingerprint density at radius 2 is 1.97 bits per heavy atom. The number of amides is 1. The number of halogens is 1. The molecule has 0 spiro atoms. The van der Waals surface area contributed by atoms with Gasteiger partial charge in [0.15, 0.2) is 0 Å². The Hall–Kier alpha value is -2.82. The summed E-state index contributed by atoms with van der Waals surface area (Å²) in [6, 6.07) is 4.90. The molecule has 0 aliphatic rings. The minimum absolute atomic E-state index is 0.00249. The second-order valence-corrected chi connectivity index (χ2v) is 8.05. The number of methoxy groups -OCH3 is 2. The van der Waals surface area contributed by atoms with Crippen LogP contribution in [0, 0.1) is 0 Å². The van der Waals surface area contributed by atoms with Crippen molar-refractivity contribution in [3.05, 3.63) is 55.8 Å². The maximum absolute atomic E-state index is 12.9. The smallest absolute Gasteiger partial charge is 0.332 e. The van der Waals surface area contributed by atoms with Gasteiger partial charge in [-0.15, -0.1) is 11.8 Å². The zero-order chi connectivity index (χ0) is 22.7. The van der Waals surface area contributed by atoms with Crippen LogP contribution in [0.15, 0.2) is 38.9 Å². The molecule has 2 heterocycles. The molecule has 164 valence electrons. The van der Waals surface area contributed by atoms with E-state index in [1.807, 2.05) is 0 Å². The molecule has 9 nitrogen and oxygen atoms in total. The third-order valence-electron chi connectivity index (χ3n) is 4.58. The van der Waals surface area contributed by atoms with Gasteiger partial charge in [0.25, 0.3) is 5.56 Å². The van der Waals surface area contributed by atoms with Gasteiger partial charge < -0.3 is 14.8 Å². The lowest BCUT2D eigenvalue weighted by Gasteiger charge is -2.14. The Kier molecular flexibility index (Phi) is 7.04. The van der Waals surface area contributed by atoms with Gasteiger partial charge in [-0.25, -0.2) is 9.78 Å². The first-order chi connectivity index (χ1) is 14.8. The molecule has 1 aromatic carbocycles. The fourth-order valence-corrected chi connectivity index (χ4v) is 4.21. The number of nitrogens with one attached hydrogen (secondary N) is 1. The van der Waals surface area contributed by atoms with E-state index in [1.165, 1.54) is 25.8 Å². The highest BCUT2D eigenvalue weighted by Crippen LogP contribution is 2.30. The number of benzene rings is 1. The first-order valence-corrected chi connectivity index (χ1v) is 10.5. The van der Waals surface area contributed by atoms with E-state index in [1.54, 1.807) is 31.4 Å². The molecule has 0 saturated carbocycles. The average Bonchev–Trinajstić information content (AvgIpc) is 2.75. The molecule has 0 fully saturated rings. The molecule has 0 unspecified atom stereocenters. The normalized spacial score (nSPS) is 11.0. The molecule has 3 aromatic rings. The highest BCUT2D eigenvalue weighted by atomic mass is 35.5. The fourth-order valence-electron chi connectivity index (χ4n) is 3.07. The van der Waals surface area contributed by atoms with Gasteiger partial charge in [-0.3, -0.25) is 18.7 Å². The number of aromatic nitrogens is 3. The van der Waals surface area contributed by atoms with Gasteiger partial charge in [0.2, 0.25) is 5.91 Å². The predicted molar refractivity (Wildman–Crippen MR) is 120 cm³/mol. The number of carbonyl (C=O) groups excluding carboxylic acids is 1. The Labute approximate surface area is 186 Å². The van der Waals surface area contributed by atoms with Crippen LogP contribution in [0.5, 0.6) is 5.75 Å². The van der Waals surface area contributed by atoms with Crippen molar-refractivity contribution in [1.82, 2.24) is 14.1 Å². The van der Waals surface area contributed by atoms with E-state index in [0.29, 0.717) is 26.9 Å². The molecule has 1 N–H and O–H groups in total. The number of nitrogens with zero attached hydrogens (tertiary/aromatic N) is 3. The quantitative estimate of drug-likeness (QED) is 0.534. The summed E-state index contributed by atoms with van der Waals surface area (Å²) >= 11 is 7.18. The number of ether oxygens (including phenoxy) is 2. The molecular weight excluding hydrogens is 444 g/mol. The van der Waals surface area contributed by atoms with Gasteiger partial charge in [-0.2, -0.15) is 0 Å². The Bertz CT molecular complexity index is 1270. The molecule has 31 heavy (non-hydrogen) atoms. The lowest BCUT2D eigenvalue weighted by Crippen LogP contribution is -2.37. The number of anilines is 1. The molecule has 0 aliphatic heterocycles. The number of aryl methyl sites for hydroxylation is 1. The van der Waals surface area contributed by atoms with Crippen molar-refractivity contribution in [2.45, 2.75) is 11.5 Å². The van der Waals surface area contributed by atoms with Crippen LogP contribution in [0.2, 0.25) is 5.02 Å². The number of thioether (sulfide) groups is 1. The minimum atomic E-state index is -0.483. The molecule has 11 heteroatoms. The number of pyridine rings is 1. The molecule has 2 aromatic heterocycles. The van der Waals surface area contributed by atoms with Crippen LogP contribution in [-0.4, -0.2) is 40.0 Å². The van der Waals surface area contributed by atoms with Gasteiger partial charge in [-0.05, 0) is 18.2 Å². The third-order valence-corrected chi connectivity index (χ3v) is 5.97. The number of hydrogen-bond acceptors (Lipinski definition) is 7. The number of carbonyl (C=O) groups is 1. The van der Waals surface area contributed by atoms with E-state index in [4.69, 9.17) is 21.1 Å². The van der Waals surface area contributed by atoms with E-state index in [9.17, 15) is 14.4 Å². The van der Waals surface area contributed by atoms with Gasteiger partial charge in [-0.1, -0.05) is 11.6 Å². The van der Waals surface area contributed by atoms with Crippen molar-refractivity contribution in [2.75, 3.05) is 25.3 Å². The largest absolute Gasteiger partial charge is 0.495 e. The standard InChI is InChI=1S/C20H21ClN4O5S/c1-24-18-16(19(27)25(2)20(24)28)17(11(8-22-18)9-29-3)31-10-15(26)23-13-7-12(21)5-6-14(13)30-4/h5-8H,9-10H2,1-4H3,(H,23,26). The van der Waals surface area contributed by atoms with Crippen LogP contribution in [-0.2, 0) is 30.2 Å². The molecule has 1 amide bonds. The minimum Gasteiger partial charge on any atom is -0.495 e. The molecule has 3 rings (SSSR count). The maximum atomic E-state index is 12.9. The Morgan fingerprint density at radius 1 is 1.23 bits per heavy atom. The zero-order valence-corrected chi connectivity index (χ0v) is 19.0. The zero-order valence-electron chi connectivity index (χ0n) is 17.4. The fraction of sp³-hybridized carbons (Fsp3) is 0.300. The number of rotatable bonds is 7. The predicted octanol–water partition coefficient (Wildman–Crippen LogP) is 2.17. The van der Waals surface area contributed by atoms with E-state index in [2.05, 4.69) is 10.3 Å². The van der Waals surface area contributed by atoms with Crippen LogP contribution in [0.1, 0.15) is 5.56 Å². The van der Waals surface area contributed by atoms with Crippen molar-refractivity contribution in [2.24, 2.45) is 14.1 Å². The number of hydrogen-bond donors (Lipinski definition) is 1. The average molecular weight is 465 g/mol. The third kappa shape index (κ3) is 4.60. The summed E-state index contributed by atoms with van der Waals surface area (Å²) in [4.78, 5) is 42.5. The van der Waals surface area contributed by atoms with Gasteiger partial charge in [0, 0.05) is 42.9 Å². The molecule has 0 radical (unpaired) electrons. The monoisotopic (exact) mass is 464 g/mol. The van der Waals surface area contributed by atoms with Crippen LogP contribution in [0.3, 0.4) is 0 Å². The Balaban J connectivity index is 1.98. The van der Waals surface area contributed by atoms with Gasteiger partial charge in [0.05, 0.1) is 30.5 Å². The van der Waals surface area contributed by atoms with E-state index in [-0.39, 0.29) is 29.3 Å². The van der Waals surface area contributed by atoms with E-state index < -0.39 is 11.2 Å². The van der Waals surface area contributed by atoms with Crippen molar-refractivity contribution in [3.8, 4) is 5.75 Å². The highest BCUT2D eigenvalue weighted by Gasteiger charge is 2.19. The molecular formula is C20H21ClN4O5S. The van der Waals surface area contributed by atoms with Crippen molar-refractivity contribution in [3.63, 3.8) is 0 Å². The Morgan fingerprint density at radius 3 is 2.65 bits per heavy atom. The number of fused-ring (bicyclic) bond motifs is 1. The van der Waals surface area contributed by atoms with Gasteiger partial charge >= 0.3 is 5.69 Å². The van der Waals surface area contributed by atoms with Crippen molar-refractivity contribution >= 4 is 46.0 Å². The summed E-state index contributed by atoms with van der Waals surface area (Å²) in [6.45, 7) is 0.195. The van der Waals surface area contributed by atoms with E-state index >= 15 is 0 Å². The van der Waals surface area contributed by atoms with Crippen LogP contribution >= 0.6 is 23.4 Å². The lowest BCUT2D eigenvalue weighted by molar-refractivity contribution is -0.113. The summed E-state index contributed by atoms with van der Waals surface area (Å²) in [6.07, 6.45) is 1.55. The highest BCUT2D eigenvalue weighted by molar-refractivity contribution is 8.00. The van der Waals surface area contributed by atoms with Crippen LogP contribution in [0.25, 0.3) is 11.0 Å². The molecule has 0 atom stereocenters. The first kappa shape index (κ1) is 22.9. The van der Waals surface area contributed by atoms with Crippen LogP contribution in [0.4, 0.5) is 5.69 Å². The summed E-state index contributed by atoms with van der Waals surface area (Å²) in [5.41, 5.74) is 0.362. The topological polar surface area (TPSA) is 104 Å². The van der Waals surface area contributed by atoms with Gasteiger partial charge in [0.1, 0.15) is 11.4 Å². The summed E-state index contributed by atoms with van der Waals surface area (Å²) in [7, 11) is 5.96. The molecule has 0 aliphatic carbocycles. The first-order valence-electron chi connectivity index (χ1n) is 9.11. The van der Waals surface area contributed by atoms with Crippen molar-refractivity contribution in [1.29, 1.82) is 0 Å². The molecule has 0 saturated heterocycles. The maximum Gasteiger partial charge on any atom is 0.332 e. The lowest BCUT2D eigenvalue weighted by atomic mass is 10.2. The SMILES string of the molecule is COCc1cnc2c(c1SCC(=O)Nc1cc(Cl)ccc1OC)c(=O)n(C)c(=O)n2C.